The van der Waals surface area contributed by atoms with Crippen molar-refractivity contribution < 1.29 is 13.2 Å². The molecule has 0 aliphatic heterocycles. The molecule has 116 valence electrons. The number of benzene rings is 1. The van der Waals surface area contributed by atoms with Crippen LogP contribution in [0.15, 0.2) is 33.6 Å². The van der Waals surface area contributed by atoms with Crippen LogP contribution in [0.1, 0.15) is 32.1 Å². The van der Waals surface area contributed by atoms with Gasteiger partial charge in [0.15, 0.2) is 0 Å². The topological polar surface area (TPSA) is 80.5 Å². The first-order valence-corrected chi connectivity index (χ1v) is 9.20. The Morgan fingerprint density at radius 3 is 2.29 bits per heavy atom. The monoisotopic (exact) mass is 374 g/mol. The molecule has 0 unspecified atom stereocenters. The molecule has 1 saturated carbocycles. The molecule has 1 fully saturated rings. The van der Waals surface area contributed by atoms with E-state index in [2.05, 4.69) is 15.9 Å². The van der Waals surface area contributed by atoms with Crippen molar-refractivity contribution in [3.8, 4) is 0 Å². The van der Waals surface area contributed by atoms with Crippen LogP contribution >= 0.6 is 15.9 Å². The van der Waals surface area contributed by atoms with Crippen LogP contribution in [0, 0.1) is 0 Å². The fraction of sp³-hybridized carbons (Fsp3) is 0.500. The lowest BCUT2D eigenvalue weighted by Gasteiger charge is -2.32. The predicted octanol–water partition coefficient (Wildman–Crippen LogP) is 2.26. The number of nitrogens with two attached hydrogens (primary N) is 1. The molecule has 1 aromatic rings. The minimum atomic E-state index is -3.70. The smallest absolute Gasteiger partial charge is 0.243 e. The molecule has 0 radical (unpaired) electrons. The van der Waals surface area contributed by atoms with E-state index in [-0.39, 0.29) is 17.5 Å². The first-order chi connectivity index (χ1) is 9.91. The number of amides is 1. The summed E-state index contributed by atoms with van der Waals surface area (Å²) >= 11 is 3.28. The third-order valence-corrected chi connectivity index (χ3v) is 6.16. The van der Waals surface area contributed by atoms with Crippen LogP contribution in [-0.4, -0.2) is 31.2 Å². The van der Waals surface area contributed by atoms with Crippen LogP contribution < -0.4 is 5.73 Å². The number of carbonyl (C=O) groups is 1. The van der Waals surface area contributed by atoms with Gasteiger partial charge in [-0.2, -0.15) is 4.31 Å². The van der Waals surface area contributed by atoms with E-state index in [0.717, 1.165) is 36.6 Å². The van der Waals surface area contributed by atoms with E-state index in [1.165, 1.54) is 16.4 Å². The Labute approximate surface area is 133 Å². The molecular weight excluding hydrogens is 356 g/mol. The summed E-state index contributed by atoms with van der Waals surface area (Å²) in [6, 6.07) is 6.29. The van der Waals surface area contributed by atoms with Crippen LogP contribution in [-0.2, 0) is 14.8 Å². The van der Waals surface area contributed by atoms with Crippen molar-refractivity contribution in [3.63, 3.8) is 0 Å². The second-order valence-electron chi connectivity index (χ2n) is 5.26. The van der Waals surface area contributed by atoms with Gasteiger partial charge in [0.25, 0.3) is 0 Å². The van der Waals surface area contributed by atoms with E-state index in [0.29, 0.717) is 0 Å². The molecule has 1 aliphatic rings. The SMILES string of the molecule is NC(=O)CN(C1CCCCC1)S(=O)(=O)c1ccc(Br)cc1. The molecule has 0 spiro atoms. The summed E-state index contributed by atoms with van der Waals surface area (Å²) in [5.41, 5.74) is 5.25. The Bertz CT molecular complexity index is 595. The van der Waals surface area contributed by atoms with E-state index in [9.17, 15) is 13.2 Å². The molecule has 7 heteroatoms. The molecule has 0 aromatic heterocycles. The van der Waals surface area contributed by atoms with Crippen molar-refractivity contribution in [2.24, 2.45) is 5.73 Å². The van der Waals surface area contributed by atoms with Gasteiger partial charge < -0.3 is 5.73 Å². The molecule has 0 saturated heterocycles. The van der Waals surface area contributed by atoms with Crippen LogP contribution in [0.25, 0.3) is 0 Å². The van der Waals surface area contributed by atoms with Gasteiger partial charge in [0.2, 0.25) is 15.9 Å². The molecule has 0 bridgehead atoms. The zero-order chi connectivity index (χ0) is 15.5. The van der Waals surface area contributed by atoms with Gasteiger partial charge in [-0.1, -0.05) is 35.2 Å². The number of hydrogen-bond donors (Lipinski definition) is 1. The molecule has 0 heterocycles. The Balaban J connectivity index is 2.33. The van der Waals surface area contributed by atoms with Gasteiger partial charge in [0, 0.05) is 10.5 Å². The number of primary amides is 1. The number of rotatable bonds is 5. The van der Waals surface area contributed by atoms with Crippen molar-refractivity contribution >= 4 is 31.9 Å². The highest BCUT2D eigenvalue weighted by molar-refractivity contribution is 9.10. The largest absolute Gasteiger partial charge is 0.369 e. The van der Waals surface area contributed by atoms with Gasteiger partial charge >= 0.3 is 0 Å². The van der Waals surface area contributed by atoms with Gasteiger partial charge in [0.05, 0.1) is 11.4 Å². The maximum Gasteiger partial charge on any atom is 0.243 e. The fourth-order valence-electron chi connectivity index (χ4n) is 2.67. The van der Waals surface area contributed by atoms with Crippen LogP contribution in [0.4, 0.5) is 0 Å². The van der Waals surface area contributed by atoms with E-state index >= 15 is 0 Å². The van der Waals surface area contributed by atoms with Gasteiger partial charge in [0.1, 0.15) is 0 Å². The van der Waals surface area contributed by atoms with E-state index in [1.807, 2.05) is 0 Å². The van der Waals surface area contributed by atoms with Crippen molar-refractivity contribution in [1.82, 2.24) is 4.31 Å². The third kappa shape index (κ3) is 4.05. The summed E-state index contributed by atoms with van der Waals surface area (Å²) in [4.78, 5) is 11.5. The second-order valence-corrected chi connectivity index (χ2v) is 8.07. The van der Waals surface area contributed by atoms with Gasteiger partial charge in [-0.3, -0.25) is 4.79 Å². The third-order valence-electron chi connectivity index (χ3n) is 3.71. The summed E-state index contributed by atoms with van der Waals surface area (Å²) in [6.45, 7) is -0.261. The lowest BCUT2D eigenvalue weighted by atomic mass is 9.95. The minimum Gasteiger partial charge on any atom is -0.369 e. The Morgan fingerprint density at radius 1 is 1.19 bits per heavy atom. The fourth-order valence-corrected chi connectivity index (χ4v) is 4.59. The summed E-state index contributed by atoms with van der Waals surface area (Å²) in [5.74, 6) is -0.624. The second kappa shape index (κ2) is 6.89. The lowest BCUT2D eigenvalue weighted by Crippen LogP contribution is -2.45. The average Bonchev–Trinajstić information content (AvgIpc) is 2.46. The summed E-state index contributed by atoms with van der Waals surface area (Å²) in [5, 5.41) is 0. The minimum absolute atomic E-state index is 0.139. The molecule has 0 atom stereocenters. The van der Waals surface area contributed by atoms with Crippen molar-refractivity contribution in [2.75, 3.05) is 6.54 Å². The van der Waals surface area contributed by atoms with Crippen LogP contribution in [0.3, 0.4) is 0 Å². The zero-order valence-electron chi connectivity index (χ0n) is 11.7. The first-order valence-electron chi connectivity index (χ1n) is 6.97. The molecule has 2 rings (SSSR count). The normalized spacial score (nSPS) is 17.0. The van der Waals surface area contributed by atoms with Crippen LogP contribution in [0.2, 0.25) is 0 Å². The van der Waals surface area contributed by atoms with Crippen molar-refractivity contribution in [2.45, 2.75) is 43.0 Å². The predicted molar refractivity (Wildman–Crippen MR) is 84.1 cm³/mol. The number of halogens is 1. The number of sulfonamides is 1. The van der Waals surface area contributed by atoms with Gasteiger partial charge in [-0.15, -0.1) is 0 Å². The highest BCUT2D eigenvalue weighted by Crippen LogP contribution is 2.28. The van der Waals surface area contributed by atoms with E-state index < -0.39 is 15.9 Å². The Morgan fingerprint density at radius 2 is 1.76 bits per heavy atom. The number of nitrogens with zero attached hydrogens (tertiary/aromatic N) is 1. The molecule has 1 aromatic carbocycles. The van der Waals surface area contributed by atoms with Crippen LogP contribution in [0.5, 0.6) is 0 Å². The Hall–Kier alpha value is -0.920. The number of carbonyl (C=O) groups excluding carboxylic acids is 1. The number of hydrogen-bond acceptors (Lipinski definition) is 3. The molecule has 21 heavy (non-hydrogen) atoms. The quantitative estimate of drug-likeness (QED) is 0.857. The highest BCUT2D eigenvalue weighted by atomic mass is 79.9. The summed E-state index contributed by atoms with van der Waals surface area (Å²) in [7, 11) is -3.70. The van der Waals surface area contributed by atoms with E-state index in [1.54, 1.807) is 12.1 Å². The first kappa shape index (κ1) is 16.5. The lowest BCUT2D eigenvalue weighted by molar-refractivity contribution is -0.118. The van der Waals surface area contributed by atoms with Crippen molar-refractivity contribution in [1.29, 1.82) is 0 Å². The highest BCUT2D eigenvalue weighted by Gasteiger charge is 2.33. The molecular formula is C14H19BrN2O3S. The molecule has 2 N–H and O–H groups in total. The van der Waals surface area contributed by atoms with E-state index in [4.69, 9.17) is 5.73 Å². The standard InChI is InChI=1S/C14H19BrN2O3S/c15-11-6-8-13(9-7-11)21(19,20)17(10-14(16)18)12-4-2-1-3-5-12/h6-9,12H,1-5,10H2,(H2,16,18). The molecule has 5 nitrogen and oxygen atoms in total. The zero-order valence-corrected chi connectivity index (χ0v) is 14.1. The van der Waals surface area contributed by atoms with Crippen molar-refractivity contribution in [3.05, 3.63) is 28.7 Å². The maximum atomic E-state index is 12.8. The van der Waals surface area contributed by atoms with Gasteiger partial charge in [-0.25, -0.2) is 8.42 Å². The average molecular weight is 375 g/mol. The molecule has 1 aliphatic carbocycles. The maximum absolute atomic E-state index is 12.8. The summed E-state index contributed by atoms with van der Waals surface area (Å²) < 4.78 is 27.6. The summed E-state index contributed by atoms with van der Waals surface area (Å²) in [6.07, 6.45) is 4.64. The van der Waals surface area contributed by atoms with Gasteiger partial charge in [-0.05, 0) is 37.1 Å². The molecule has 1 amide bonds. The Kier molecular flexibility index (Phi) is 5.40.